The van der Waals surface area contributed by atoms with Crippen LogP contribution in [0.3, 0.4) is 0 Å². The summed E-state index contributed by atoms with van der Waals surface area (Å²) in [6, 6.07) is 9.03. The lowest BCUT2D eigenvalue weighted by Crippen LogP contribution is -2.28. The standard InChI is InChI=1S/C17H16ClF2NO2/c1-10(14-7-6-13(19)8-15(14)20)21-17(23)9-16(22)11-2-4-12(18)5-3-11/h2-8,10,16,22H,9H2,1H3,(H,21,23). The molecule has 0 spiro atoms. The van der Waals surface area contributed by atoms with E-state index in [4.69, 9.17) is 11.6 Å². The minimum Gasteiger partial charge on any atom is -0.388 e. The monoisotopic (exact) mass is 339 g/mol. The molecule has 3 nitrogen and oxygen atoms in total. The summed E-state index contributed by atoms with van der Waals surface area (Å²) in [5.41, 5.74) is 0.742. The van der Waals surface area contributed by atoms with Crippen molar-refractivity contribution in [2.24, 2.45) is 0 Å². The number of nitrogens with one attached hydrogen (secondary N) is 1. The Morgan fingerprint density at radius 3 is 2.48 bits per heavy atom. The van der Waals surface area contributed by atoms with Crippen LogP contribution >= 0.6 is 11.6 Å². The van der Waals surface area contributed by atoms with Crippen molar-refractivity contribution in [3.05, 3.63) is 70.2 Å². The van der Waals surface area contributed by atoms with Crippen molar-refractivity contribution in [1.29, 1.82) is 0 Å². The van der Waals surface area contributed by atoms with Crippen molar-refractivity contribution in [3.8, 4) is 0 Å². The molecule has 2 aromatic carbocycles. The highest BCUT2D eigenvalue weighted by Gasteiger charge is 2.17. The van der Waals surface area contributed by atoms with Gasteiger partial charge in [0.25, 0.3) is 0 Å². The van der Waals surface area contributed by atoms with Gasteiger partial charge in [-0.25, -0.2) is 8.78 Å². The molecule has 0 bridgehead atoms. The van der Waals surface area contributed by atoms with Crippen LogP contribution in [0.5, 0.6) is 0 Å². The van der Waals surface area contributed by atoms with E-state index in [2.05, 4.69) is 5.32 Å². The van der Waals surface area contributed by atoms with Gasteiger partial charge in [0, 0.05) is 16.7 Å². The summed E-state index contributed by atoms with van der Waals surface area (Å²) < 4.78 is 26.6. The molecule has 122 valence electrons. The largest absolute Gasteiger partial charge is 0.388 e. The molecule has 2 N–H and O–H groups in total. The van der Waals surface area contributed by atoms with Crippen LogP contribution in [-0.2, 0) is 4.79 Å². The van der Waals surface area contributed by atoms with Gasteiger partial charge < -0.3 is 10.4 Å². The van der Waals surface area contributed by atoms with Crippen molar-refractivity contribution >= 4 is 17.5 Å². The van der Waals surface area contributed by atoms with Gasteiger partial charge in [0.05, 0.1) is 18.6 Å². The second kappa shape index (κ2) is 7.53. The molecule has 0 saturated heterocycles. The Balaban J connectivity index is 1.97. The van der Waals surface area contributed by atoms with Crippen molar-refractivity contribution in [1.82, 2.24) is 5.32 Å². The first-order chi connectivity index (χ1) is 10.9. The number of carbonyl (C=O) groups excluding carboxylic acids is 1. The molecule has 2 atom stereocenters. The molecule has 0 aliphatic rings. The van der Waals surface area contributed by atoms with Crippen molar-refractivity contribution in [2.75, 3.05) is 0 Å². The summed E-state index contributed by atoms with van der Waals surface area (Å²) in [6.07, 6.45) is -1.16. The van der Waals surface area contributed by atoms with Crippen LogP contribution in [0, 0.1) is 11.6 Å². The van der Waals surface area contributed by atoms with Gasteiger partial charge in [-0.1, -0.05) is 29.8 Å². The Kier molecular flexibility index (Phi) is 5.69. The average molecular weight is 340 g/mol. The zero-order chi connectivity index (χ0) is 17.0. The number of aliphatic hydroxyl groups is 1. The number of hydrogen-bond donors (Lipinski definition) is 2. The van der Waals surface area contributed by atoms with E-state index < -0.39 is 29.7 Å². The fraction of sp³-hybridized carbons (Fsp3) is 0.235. The van der Waals surface area contributed by atoms with E-state index in [1.807, 2.05) is 0 Å². The van der Waals surface area contributed by atoms with Crippen LogP contribution in [0.15, 0.2) is 42.5 Å². The number of halogens is 3. The molecule has 0 aromatic heterocycles. The second-order valence-corrected chi connectivity index (χ2v) is 5.66. The van der Waals surface area contributed by atoms with E-state index in [0.717, 1.165) is 12.1 Å². The van der Waals surface area contributed by atoms with Crippen molar-refractivity contribution in [3.63, 3.8) is 0 Å². The van der Waals surface area contributed by atoms with Crippen LogP contribution in [0.2, 0.25) is 5.02 Å². The highest BCUT2D eigenvalue weighted by molar-refractivity contribution is 6.30. The minimum absolute atomic E-state index is 0.172. The molecule has 2 aromatic rings. The molecular weight excluding hydrogens is 324 g/mol. The van der Waals surface area contributed by atoms with E-state index >= 15 is 0 Å². The third-order valence-corrected chi connectivity index (χ3v) is 3.69. The first kappa shape index (κ1) is 17.4. The van der Waals surface area contributed by atoms with Gasteiger partial charge in [-0.05, 0) is 30.7 Å². The quantitative estimate of drug-likeness (QED) is 0.867. The van der Waals surface area contributed by atoms with E-state index in [1.165, 1.54) is 6.07 Å². The Hall–Kier alpha value is -1.98. The lowest BCUT2D eigenvalue weighted by Gasteiger charge is -2.17. The maximum atomic E-state index is 13.7. The lowest BCUT2D eigenvalue weighted by atomic mass is 10.0. The van der Waals surface area contributed by atoms with Crippen LogP contribution in [0.25, 0.3) is 0 Å². The third-order valence-electron chi connectivity index (χ3n) is 3.44. The normalized spacial score (nSPS) is 13.4. The summed E-state index contributed by atoms with van der Waals surface area (Å²) in [5.74, 6) is -1.84. The predicted octanol–water partition coefficient (Wildman–Crippen LogP) is 3.92. The maximum Gasteiger partial charge on any atom is 0.223 e. The van der Waals surface area contributed by atoms with Gasteiger partial charge in [0.2, 0.25) is 5.91 Å². The molecule has 23 heavy (non-hydrogen) atoms. The third kappa shape index (κ3) is 4.74. The minimum atomic E-state index is -0.988. The van der Waals surface area contributed by atoms with Crippen LogP contribution < -0.4 is 5.32 Å². The van der Waals surface area contributed by atoms with Crippen LogP contribution in [-0.4, -0.2) is 11.0 Å². The maximum absolute atomic E-state index is 13.7. The molecule has 0 aliphatic heterocycles. The second-order valence-electron chi connectivity index (χ2n) is 5.23. The zero-order valence-corrected chi connectivity index (χ0v) is 13.1. The van der Waals surface area contributed by atoms with Gasteiger partial charge in [-0.2, -0.15) is 0 Å². The first-order valence-corrected chi connectivity index (χ1v) is 7.42. The van der Waals surface area contributed by atoms with E-state index in [1.54, 1.807) is 31.2 Å². The zero-order valence-electron chi connectivity index (χ0n) is 12.4. The van der Waals surface area contributed by atoms with Gasteiger partial charge in [0.1, 0.15) is 11.6 Å². The van der Waals surface area contributed by atoms with Gasteiger partial charge in [-0.3, -0.25) is 4.79 Å². The van der Waals surface area contributed by atoms with Gasteiger partial charge in [0.15, 0.2) is 0 Å². The van der Waals surface area contributed by atoms with E-state index in [-0.39, 0.29) is 12.0 Å². The fourth-order valence-corrected chi connectivity index (χ4v) is 2.34. The van der Waals surface area contributed by atoms with Gasteiger partial charge in [-0.15, -0.1) is 0 Å². The molecule has 0 radical (unpaired) electrons. The Labute approximate surface area is 137 Å². The van der Waals surface area contributed by atoms with Gasteiger partial charge >= 0.3 is 0 Å². The first-order valence-electron chi connectivity index (χ1n) is 7.04. The molecular formula is C17H16ClF2NO2. The Morgan fingerprint density at radius 2 is 1.87 bits per heavy atom. The molecule has 2 unspecified atom stereocenters. The smallest absolute Gasteiger partial charge is 0.223 e. The number of amides is 1. The number of rotatable bonds is 5. The fourth-order valence-electron chi connectivity index (χ4n) is 2.21. The van der Waals surface area contributed by atoms with Crippen molar-refractivity contribution < 1.29 is 18.7 Å². The summed E-state index contributed by atoms with van der Waals surface area (Å²) in [5, 5.41) is 13.1. The molecule has 6 heteroatoms. The number of carbonyl (C=O) groups is 1. The summed E-state index contributed by atoms with van der Waals surface area (Å²) >= 11 is 5.76. The number of benzene rings is 2. The lowest BCUT2D eigenvalue weighted by molar-refractivity contribution is -0.123. The predicted molar refractivity (Wildman–Crippen MR) is 83.9 cm³/mol. The SMILES string of the molecule is CC(NC(=O)CC(O)c1ccc(Cl)cc1)c1ccc(F)cc1F. The average Bonchev–Trinajstić information content (AvgIpc) is 2.47. The molecule has 2 rings (SSSR count). The molecule has 1 amide bonds. The molecule has 0 saturated carbocycles. The molecule has 0 fully saturated rings. The van der Waals surface area contributed by atoms with Crippen LogP contribution in [0.4, 0.5) is 8.78 Å². The Morgan fingerprint density at radius 1 is 1.22 bits per heavy atom. The summed E-state index contributed by atoms with van der Waals surface area (Å²) in [7, 11) is 0. The van der Waals surface area contributed by atoms with Crippen LogP contribution in [0.1, 0.15) is 36.6 Å². The van der Waals surface area contributed by atoms with E-state index in [9.17, 15) is 18.7 Å². The Bertz CT molecular complexity index is 691. The van der Waals surface area contributed by atoms with Crippen molar-refractivity contribution in [2.45, 2.75) is 25.5 Å². The number of hydrogen-bond acceptors (Lipinski definition) is 2. The van der Waals surface area contributed by atoms with E-state index in [0.29, 0.717) is 10.6 Å². The summed E-state index contributed by atoms with van der Waals surface area (Å²) in [4.78, 5) is 12.0. The molecule has 0 heterocycles. The highest BCUT2D eigenvalue weighted by Crippen LogP contribution is 2.21. The molecule has 0 aliphatic carbocycles. The summed E-state index contributed by atoms with van der Waals surface area (Å²) in [6.45, 7) is 1.59. The highest BCUT2D eigenvalue weighted by atomic mass is 35.5. The topological polar surface area (TPSA) is 49.3 Å². The number of aliphatic hydroxyl groups excluding tert-OH is 1.